The first-order valence-corrected chi connectivity index (χ1v) is 6.69. The number of rotatable bonds is 5. The van der Waals surface area contributed by atoms with Crippen molar-refractivity contribution >= 4 is 25.7 Å². The summed E-state index contributed by atoms with van der Waals surface area (Å²) in [5.41, 5.74) is 0.996. The lowest BCUT2D eigenvalue weighted by molar-refractivity contribution is 0.108. The van der Waals surface area contributed by atoms with E-state index in [1.807, 2.05) is 0 Å². The molecule has 1 aromatic carbocycles. The van der Waals surface area contributed by atoms with Crippen molar-refractivity contribution in [3.05, 3.63) is 28.8 Å². The summed E-state index contributed by atoms with van der Waals surface area (Å²) in [5, 5.41) is 0.472. The minimum atomic E-state index is 0.0804. The van der Waals surface area contributed by atoms with Gasteiger partial charge in [0, 0.05) is 0 Å². The second-order valence-corrected chi connectivity index (χ2v) is 5.74. The zero-order valence-corrected chi connectivity index (χ0v) is 11.5. The molecule has 0 bridgehead atoms. The summed E-state index contributed by atoms with van der Waals surface area (Å²) in [6.07, 6.45) is 0.997. The van der Waals surface area contributed by atoms with E-state index in [9.17, 15) is 4.79 Å². The van der Waals surface area contributed by atoms with Crippen molar-refractivity contribution in [3.8, 4) is 5.75 Å². The minimum absolute atomic E-state index is 0.0804. The van der Waals surface area contributed by atoms with Gasteiger partial charge in [0.05, 0.1) is 17.7 Å². The van der Waals surface area contributed by atoms with Crippen molar-refractivity contribution in [2.75, 3.05) is 7.11 Å². The molecule has 16 heavy (non-hydrogen) atoms. The zero-order chi connectivity index (χ0) is 12.1. The molecule has 0 aliphatic rings. The van der Waals surface area contributed by atoms with Crippen LogP contribution in [0.1, 0.15) is 30.6 Å². The molecular weight excluding hydrogens is 243 g/mol. The van der Waals surface area contributed by atoms with E-state index in [2.05, 4.69) is 13.8 Å². The minimum Gasteiger partial charge on any atom is -0.496 e. The van der Waals surface area contributed by atoms with Crippen molar-refractivity contribution in [3.63, 3.8) is 0 Å². The number of carbonyl (C=O) groups is 1. The molecule has 1 rings (SSSR count). The summed E-state index contributed by atoms with van der Waals surface area (Å²) < 4.78 is 5.16. The molecule has 0 saturated heterocycles. The molecule has 0 spiro atoms. The molecule has 0 aliphatic carbocycles. The molecule has 0 heterocycles. The molecule has 0 radical (unpaired) electrons. The van der Waals surface area contributed by atoms with Crippen molar-refractivity contribution in [1.82, 2.24) is 0 Å². The van der Waals surface area contributed by atoms with Crippen LogP contribution in [0.4, 0.5) is 0 Å². The Kier molecular flexibility index (Phi) is 5.24. The molecule has 0 fully saturated rings. The fourth-order valence-electron chi connectivity index (χ4n) is 1.29. The fraction of sp³-hybridized carbons (Fsp3) is 0.417. The van der Waals surface area contributed by atoms with Gasteiger partial charge < -0.3 is 4.74 Å². The first-order chi connectivity index (χ1) is 7.60. The molecule has 2 unspecified atom stereocenters. The summed E-state index contributed by atoms with van der Waals surface area (Å²) in [6, 6.07) is 5.27. The Morgan fingerprint density at radius 1 is 1.56 bits per heavy atom. The third-order valence-electron chi connectivity index (χ3n) is 2.41. The van der Waals surface area contributed by atoms with Gasteiger partial charge in [-0.25, -0.2) is 0 Å². The van der Waals surface area contributed by atoms with Crippen LogP contribution in [0.15, 0.2) is 18.2 Å². The van der Waals surface area contributed by atoms with Gasteiger partial charge in [-0.3, -0.25) is 4.79 Å². The van der Waals surface area contributed by atoms with E-state index in [1.165, 1.54) is 0 Å². The second-order valence-electron chi connectivity index (χ2n) is 3.60. The van der Waals surface area contributed by atoms with Crippen LogP contribution < -0.4 is 4.74 Å². The lowest BCUT2D eigenvalue weighted by atomic mass is 10.2. The SMILES string of the molecule is CCC(C)PC(=O)c1c(Cl)cccc1OC. The van der Waals surface area contributed by atoms with E-state index < -0.39 is 0 Å². The second kappa shape index (κ2) is 6.22. The van der Waals surface area contributed by atoms with Gasteiger partial charge in [-0.1, -0.05) is 31.5 Å². The first kappa shape index (κ1) is 13.5. The van der Waals surface area contributed by atoms with Gasteiger partial charge in [0.25, 0.3) is 0 Å². The van der Waals surface area contributed by atoms with Crippen LogP contribution in [0.5, 0.6) is 5.75 Å². The summed E-state index contributed by atoms with van der Waals surface area (Å²) >= 11 is 6.03. The van der Waals surface area contributed by atoms with Crippen LogP contribution in [0.25, 0.3) is 0 Å². The van der Waals surface area contributed by atoms with Crippen molar-refractivity contribution in [2.45, 2.75) is 25.9 Å². The normalized spacial score (nSPS) is 13.0. The highest BCUT2D eigenvalue weighted by Gasteiger charge is 2.17. The number of halogens is 1. The van der Waals surface area contributed by atoms with Crippen molar-refractivity contribution in [1.29, 1.82) is 0 Å². The molecule has 0 N–H and O–H groups in total. The van der Waals surface area contributed by atoms with Gasteiger partial charge in [-0.2, -0.15) is 0 Å². The summed E-state index contributed by atoms with van der Waals surface area (Å²) in [5.74, 6) is 0.563. The van der Waals surface area contributed by atoms with Crippen LogP contribution in [-0.4, -0.2) is 18.3 Å². The Labute approximate surface area is 103 Å². The van der Waals surface area contributed by atoms with Gasteiger partial charge in [0.15, 0.2) is 5.52 Å². The molecule has 88 valence electrons. The smallest absolute Gasteiger partial charge is 0.186 e. The lowest BCUT2D eigenvalue weighted by Gasteiger charge is -2.11. The summed E-state index contributed by atoms with van der Waals surface area (Å²) in [4.78, 5) is 12.1. The summed E-state index contributed by atoms with van der Waals surface area (Å²) in [7, 11) is 1.80. The predicted molar refractivity (Wildman–Crippen MR) is 70.4 cm³/mol. The van der Waals surface area contributed by atoms with Gasteiger partial charge in [-0.05, 0) is 32.8 Å². The Hall–Kier alpha value is -0.590. The number of carbonyl (C=O) groups excluding carboxylic acids is 1. The number of methoxy groups -OCH3 is 1. The fourth-order valence-corrected chi connectivity index (χ4v) is 2.68. The maximum Gasteiger partial charge on any atom is 0.186 e. The van der Waals surface area contributed by atoms with E-state index in [0.717, 1.165) is 6.42 Å². The number of hydrogen-bond acceptors (Lipinski definition) is 2. The van der Waals surface area contributed by atoms with E-state index in [1.54, 1.807) is 25.3 Å². The van der Waals surface area contributed by atoms with Gasteiger partial charge in [-0.15, -0.1) is 0 Å². The largest absolute Gasteiger partial charge is 0.496 e. The number of benzene rings is 1. The highest BCUT2D eigenvalue weighted by Crippen LogP contribution is 2.35. The zero-order valence-electron chi connectivity index (χ0n) is 9.71. The first-order valence-electron chi connectivity index (χ1n) is 5.23. The van der Waals surface area contributed by atoms with Crippen LogP contribution in [-0.2, 0) is 0 Å². The van der Waals surface area contributed by atoms with Crippen LogP contribution >= 0.6 is 20.2 Å². The molecule has 1 aromatic rings. The average Bonchev–Trinajstić information content (AvgIpc) is 2.28. The number of hydrogen-bond donors (Lipinski definition) is 0. The van der Waals surface area contributed by atoms with Gasteiger partial charge >= 0.3 is 0 Å². The Bertz CT molecular complexity index is 379. The molecule has 0 amide bonds. The maximum atomic E-state index is 12.1. The van der Waals surface area contributed by atoms with E-state index in [0.29, 0.717) is 22.0 Å². The third-order valence-corrected chi connectivity index (χ3v) is 4.14. The van der Waals surface area contributed by atoms with Crippen molar-refractivity contribution < 1.29 is 9.53 Å². The van der Waals surface area contributed by atoms with Crippen LogP contribution in [0.3, 0.4) is 0 Å². The Balaban J connectivity index is 2.98. The van der Waals surface area contributed by atoms with Crippen LogP contribution in [0.2, 0.25) is 5.02 Å². The van der Waals surface area contributed by atoms with Crippen molar-refractivity contribution in [2.24, 2.45) is 0 Å². The maximum absolute atomic E-state index is 12.1. The quantitative estimate of drug-likeness (QED) is 0.747. The predicted octanol–water partition coefficient (Wildman–Crippen LogP) is 3.97. The molecular formula is C12H16ClO2P. The van der Waals surface area contributed by atoms with Gasteiger partial charge in [0.1, 0.15) is 5.75 Å². The number of ether oxygens (including phenoxy) is 1. The Morgan fingerprint density at radius 3 is 2.81 bits per heavy atom. The van der Waals surface area contributed by atoms with Crippen LogP contribution in [0, 0.1) is 0 Å². The van der Waals surface area contributed by atoms with E-state index in [4.69, 9.17) is 16.3 Å². The molecule has 2 atom stereocenters. The molecule has 0 aliphatic heterocycles. The molecule has 0 aromatic heterocycles. The van der Waals surface area contributed by atoms with E-state index in [-0.39, 0.29) is 14.1 Å². The molecule has 2 nitrogen and oxygen atoms in total. The standard InChI is InChI=1S/C12H16ClO2P/c1-4-8(2)16-12(14)11-9(13)6-5-7-10(11)15-3/h5-8,16H,4H2,1-3H3. The lowest BCUT2D eigenvalue weighted by Crippen LogP contribution is -2.02. The molecule has 0 saturated carbocycles. The highest BCUT2D eigenvalue weighted by atomic mass is 35.5. The summed E-state index contributed by atoms with van der Waals surface area (Å²) in [6.45, 7) is 4.15. The average molecular weight is 259 g/mol. The topological polar surface area (TPSA) is 26.3 Å². The third kappa shape index (κ3) is 3.20. The highest BCUT2D eigenvalue weighted by molar-refractivity contribution is 7.59. The monoisotopic (exact) mass is 258 g/mol. The molecule has 4 heteroatoms. The van der Waals surface area contributed by atoms with Gasteiger partial charge in [0.2, 0.25) is 0 Å². The van der Waals surface area contributed by atoms with E-state index >= 15 is 0 Å². The Morgan fingerprint density at radius 2 is 2.25 bits per heavy atom.